The van der Waals surface area contributed by atoms with Gasteiger partial charge in [-0.3, -0.25) is 4.79 Å². The molecule has 24 heavy (non-hydrogen) atoms. The van der Waals surface area contributed by atoms with Crippen LogP contribution in [0.15, 0.2) is 77.4 Å². The second kappa shape index (κ2) is 7.28. The number of nitrogens with one attached hydrogen (secondary N) is 1. The second-order valence-electron chi connectivity index (χ2n) is 5.01. The topological polar surface area (TPSA) is 68.5 Å². The first-order valence-corrected chi connectivity index (χ1v) is 7.39. The van der Waals surface area contributed by atoms with Gasteiger partial charge in [-0.25, -0.2) is 4.79 Å². The van der Waals surface area contributed by atoms with Crippen molar-refractivity contribution < 1.29 is 18.7 Å². The van der Waals surface area contributed by atoms with Gasteiger partial charge in [-0.15, -0.1) is 0 Å². The van der Waals surface area contributed by atoms with E-state index in [-0.39, 0.29) is 12.4 Å². The Bertz CT molecular complexity index is 826. The number of carbonyl (C=O) groups excluding carboxylic acids is 2. The molecule has 5 nitrogen and oxygen atoms in total. The molecule has 0 aliphatic heterocycles. The van der Waals surface area contributed by atoms with Crippen molar-refractivity contribution in [1.29, 1.82) is 0 Å². The van der Waals surface area contributed by atoms with Gasteiger partial charge in [0.2, 0.25) is 5.76 Å². The van der Waals surface area contributed by atoms with Crippen molar-refractivity contribution in [3.05, 3.63) is 78.8 Å². The van der Waals surface area contributed by atoms with Crippen molar-refractivity contribution in [2.24, 2.45) is 0 Å². The summed E-state index contributed by atoms with van der Waals surface area (Å²) in [5.41, 5.74) is 2.53. The fraction of sp³-hybridized carbons (Fsp3) is 0.0526. The zero-order chi connectivity index (χ0) is 16.8. The summed E-state index contributed by atoms with van der Waals surface area (Å²) in [6.45, 7) is -0.386. The van der Waals surface area contributed by atoms with E-state index >= 15 is 0 Å². The molecular formula is C19H15NO4. The summed E-state index contributed by atoms with van der Waals surface area (Å²) < 4.78 is 9.84. The van der Waals surface area contributed by atoms with E-state index in [1.807, 2.05) is 48.5 Å². The molecule has 0 atom stereocenters. The lowest BCUT2D eigenvalue weighted by atomic mass is 10.0. The van der Waals surface area contributed by atoms with E-state index in [0.717, 1.165) is 11.1 Å². The second-order valence-corrected chi connectivity index (χ2v) is 5.01. The lowest BCUT2D eigenvalue weighted by Gasteiger charge is -2.11. The van der Waals surface area contributed by atoms with Crippen LogP contribution in [0.4, 0.5) is 5.69 Å². The minimum absolute atomic E-state index is 0.0625. The highest BCUT2D eigenvalue weighted by Crippen LogP contribution is 2.27. The zero-order valence-corrected chi connectivity index (χ0v) is 12.8. The first-order chi connectivity index (χ1) is 11.7. The molecule has 0 aliphatic rings. The molecule has 0 aliphatic carbocycles. The van der Waals surface area contributed by atoms with Gasteiger partial charge >= 0.3 is 5.97 Å². The fourth-order valence-corrected chi connectivity index (χ4v) is 2.24. The smallest absolute Gasteiger partial charge is 0.374 e. The quantitative estimate of drug-likeness (QED) is 0.727. The minimum atomic E-state index is -0.675. The summed E-state index contributed by atoms with van der Waals surface area (Å²) in [6, 6.07) is 20.2. The number of furan rings is 1. The third-order valence-electron chi connectivity index (χ3n) is 3.34. The standard InChI is InChI=1S/C19H15NO4/c21-18(13-24-19(22)17-11-6-12-23-17)20-16-10-5-4-9-15(16)14-7-2-1-3-8-14/h1-12H,13H2,(H,20,21). The molecule has 0 saturated carbocycles. The van der Waals surface area contributed by atoms with Crippen LogP contribution in [0, 0.1) is 0 Å². The first kappa shape index (κ1) is 15.6. The van der Waals surface area contributed by atoms with Gasteiger partial charge < -0.3 is 14.5 Å². The highest BCUT2D eigenvalue weighted by atomic mass is 16.5. The van der Waals surface area contributed by atoms with Crippen LogP contribution in [0.5, 0.6) is 0 Å². The van der Waals surface area contributed by atoms with Gasteiger partial charge in [-0.05, 0) is 23.8 Å². The molecule has 0 fully saturated rings. The van der Waals surface area contributed by atoms with Gasteiger partial charge in [0.1, 0.15) is 0 Å². The molecule has 0 radical (unpaired) electrons. The average Bonchev–Trinajstić information content (AvgIpc) is 3.16. The maximum Gasteiger partial charge on any atom is 0.374 e. The number of benzene rings is 2. The SMILES string of the molecule is O=C(COC(=O)c1ccco1)Nc1ccccc1-c1ccccc1. The largest absolute Gasteiger partial charge is 0.457 e. The van der Waals surface area contributed by atoms with Gasteiger partial charge in [-0.1, -0.05) is 48.5 Å². The van der Waals surface area contributed by atoms with Crippen molar-refractivity contribution >= 4 is 17.6 Å². The molecule has 3 aromatic rings. The summed E-state index contributed by atoms with van der Waals surface area (Å²) in [5, 5.41) is 2.76. The number of hydrogen-bond acceptors (Lipinski definition) is 4. The molecule has 5 heteroatoms. The predicted octanol–water partition coefficient (Wildman–Crippen LogP) is 3.74. The van der Waals surface area contributed by atoms with Gasteiger partial charge in [-0.2, -0.15) is 0 Å². The summed E-state index contributed by atoms with van der Waals surface area (Å²) in [5.74, 6) is -1.03. The summed E-state index contributed by atoms with van der Waals surface area (Å²) in [7, 11) is 0. The molecule has 1 aromatic heterocycles. The number of esters is 1. The third kappa shape index (κ3) is 3.70. The number of para-hydroxylation sites is 1. The zero-order valence-electron chi connectivity index (χ0n) is 12.8. The first-order valence-electron chi connectivity index (χ1n) is 7.39. The van der Waals surface area contributed by atoms with Gasteiger partial charge in [0.05, 0.1) is 6.26 Å². The number of anilines is 1. The third-order valence-corrected chi connectivity index (χ3v) is 3.34. The van der Waals surface area contributed by atoms with Crippen LogP contribution in [-0.4, -0.2) is 18.5 Å². The number of hydrogen-bond donors (Lipinski definition) is 1. The lowest BCUT2D eigenvalue weighted by Crippen LogP contribution is -2.21. The van der Waals surface area contributed by atoms with E-state index in [1.165, 1.54) is 12.3 Å². The Balaban J connectivity index is 1.66. The van der Waals surface area contributed by atoms with Crippen LogP contribution in [0.2, 0.25) is 0 Å². The monoisotopic (exact) mass is 321 g/mol. The summed E-state index contributed by atoms with van der Waals surface area (Å²) in [4.78, 5) is 23.7. The van der Waals surface area contributed by atoms with Gasteiger partial charge in [0, 0.05) is 11.3 Å². The Morgan fingerprint density at radius 3 is 2.42 bits per heavy atom. The van der Waals surface area contributed by atoms with Crippen molar-refractivity contribution in [2.75, 3.05) is 11.9 Å². The van der Waals surface area contributed by atoms with Crippen molar-refractivity contribution in [1.82, 2.24) is 0 Å². The van der Waals surface area contributed by atoms with Crippen LogP contribution < -0.4 is 5.32 Å². The van der Waals surface area contributed by atoms with E-state index in [0.29, 0.717) is 5.69 Å². The number of ether oxygens (including phenoxy) is 1. The molecule has 3 rings (SSSR count). The Kier molecular flexibility index (Phi) is 4.72. The molecule has 0 saturated heterocycles. The molecule has 1 heterocycles. The van der Waals surface area contributed by atoms with Crippen LogP contribution >= 0.6 is 0 Å². The summed E-state index contributed by atoms with van der Waals surface area (Å²) in [6.07, 6.45) is 1.37. The molecule has 1 amide bonds. The van der Waals surface area contributed by atoms with Crippen LogP contribution in [-0.2, 0) is 9.53 Å². The van der Waals surface area contributed by atoms with Crippen LogP contribution in [0.3, 0.4) is 0 Å². The minimum Gasteiger partial charge on any atom is -0.457 e. The molecule has 120 valence electrons. The maximum absolute atomic E-state index is 12.1. The van der Waals surface area contributed by atoms with Crippen LogP contribution in [0.1, 0.15) is 10.6 Å². The summed E-state index contributed by atoms with van der Waals surface area (Å²) >= 11 is 0. The normalized spacial score (nSPS) is 10.2. The van der Waals surface area contributed by atoms with E-state index in [1.54, 1.807) is 12.1 Å². The molecule has 2 aromatic carbocycles. The van der Waals surface area contributed by atoms with E-state index in [2.05, 4.69) is 5.32 Å². The Labute approximate surface area is 138 Å². The number of rotatable bonds is 5. The maximum atomic E-state index is 12.1. The molecule has 0 bridgehead atoms. The Morgan fingerprint density at radius 1 is 0.917 bits per heavy atom. The van der Waals surface area contributed by atoms with Crippen molar-refractivity contribution in [3.8, 4) is 11.1 Å². The fourth-order valence-electron chi connectivity index (χ4n) is 2.24. The number of amides is 1. The molecule has 0 spiro atoms. The molecule has 1 N–H and O–H groups in total. The number of carbonyl (C=O) groups is 2. The van der Waals surface area contributed by atoms with Crippen molar-refractivity contribution in [2.45, 2.75) is 0 Å². The molecule has 0 unspecified atom stereocenters. The van der Waals surface area contributed by atoms with Gasteiger partial charge in [0.15, 0.2) is 6.61 Å². The predicted molar refractivity (Wildman–Crippen MR) is 89.5 cm³/mol. The highest BCUT2D eigenvalue weighted by Gasteiger charge is 2.13. The van der Waals surface area contributed by atoms with E-state index in [9.17, 15) is 9.59 Å². The lowest BCUT2D eigenvalue weighted by molar-refractivity contribution is -0.119. The van der Waals surface area contributed by atoms with Crippen LogP contribution in [0.25, 0.3) is 11.1 Å². The van der Waals surface area contributed by atoms with E-state index < -0.39 is 11.9 Å². The molecular weight excluding hydrogens is 306 g/mol. The Hall–Kier alpha value is -3.34. The average molecular weight is 321 g/mol. The van der Waals surface area contributed by atoms with Gasteiger partial charge in [0.25, 0.3) is 5.91 Å². The highest BCUT2D eigenvalue weighted by molar-refractivity contribution is 5.97. The van der Waals surface area contributed by atoms with Crippen molar-refractivity contribution in [3.63, 3.8) is 0 Å². The Morgan fingerprint density at radius 2 is 1.67 bits per heavy atom. The van der Waals surface area contributed by atoms with E-state index in [4.69, 9.17) is 9.15 Å².